The smallest absolute Gasteiger partial charge is 0.0200 e. The fourth-order valence-electron chi connectivity index (χ4n) is 2.58. The van der Waals surface area contributed by atoms with Crippen LogP contribution in [0.1, 0.15) is 52.9 Å². The predicted octanol–water partition coefficient (Wildman–Crippen LogP) is 4.42. The molecule has 2 aliphatic rings. The Morgan fingerprint density at radius 3 is 2.54 bits per heavy atom. The summed E-state index contributed by atoms with van der Waals surface area (Å²) < 4.78 is 0. The lowest BCUT2D eigenvalue weighted by atomic mass is 9.74. The summed E-state index contributed by atoms with van der Waals surface area (Å²) in [6.07, 6.45) is 11.9. The molecule has 2 rings (SSSR count). The maximum absolute atomic E-state index is 2.44. The molecule has 0 heterocycles. The maximum atomic E-state index is 2.44. The largest absolute Gasteiger partial charge is 0.0879 e. The minimum atomic E-state index is 0.962. The quantitative estimate of drug-likeness (QED) is 0.484. The Morgan fingerprint density at radius 2 is 1.92 bits per heavy atom. The molecule has 13 heavy (non-hydrogen) atoms. The highest BCUT2D eigenvalue weighted by atomic mass is 14.4. The maximum Gasteiger partial charge on any atom is -0.0200 e. The van der Waals surface area contributed by atoms with Gasteiger partial charge in [-0.25, -0.2) is 0 Å². The van der Waals surface area contributed by atoms with Crippen molar-refractivity contribution in [1.82, 2.24) is 0 Å². The van der Waals surface area contributed by atoms with Crippen LogP contribution in [-0.2, 0) is 0 Å². The van der Waals surface area contributed by atoms with E-state index in [0.29, 0.717) is 0 Å². The highest BCUT2D eigenvalue weighted by Gasteiger charge is 2.30. The van der Waals surface area contributed by atoms with Crippen molar-refractivity contribution >= 4 is 0 Å². The van der Waals surface area contributed by atoms with E-state index >= 15 is 0 Å². The Bertz CT molecular complexity index is 157. The molecule has 0 radical (unpaired) electrons. The normalized spacial score (nSPS) is 36.4. The minimum Gasteiger partial charge on any atom is -0.0879 e. The second-order valence-electron chi connectivity index (χ2n) is 4.61. The Labute approximate surface area is 83.4 Å². The molecule has 0 aromatic carbocycles. The van der Waals surface area contributed by atoms with Gasteiger partial charge < -0.3 is 0 Å². The van der Waals surface area contributed by atoms with Crippen LogP contribution in [0.2, 0.25) is 0 Å². The third kappa shape index (κ3) is 2.86. The van der Waals surface area contributed by atoms with Crippen molar-refractivity contribution in [3.63, 3.8) is 0 Å². The van der Waals surface area contributed by atoms with E-state index in [0.717, 1.165) is 17.8 Å². The monoisotopic (exact) mass is 180 g/mol. The molecule has 0 aromatic heterocycles. The average Bonchev–Trinajstić information content (AvgIpc) is 2.54. The summed E-state index contributed by atoms with van der Waals surface area (Å²) in [6, 6.07) is 0. The van der Waals surface area contributed by atoms with Crippen molar-refractivity contribution in [2.24, 2.45) is 17.8 Å². The van der Waals surface area contributed by atoms with Crippen LogP contribution < -0.4 is 0 Å². The zero-order valence-electron chi connectivity index (χ0n) is 9.42. The third-order valence-corrected chi connectivity index (χ3v) is 3.27. The van der Waals surface area contributed by atoms with Crippen LogP contribution in [0.4, 0.5) is 0 Å². The lowest BCUT2D eigenvalue weighted by molar-refractivity contribution is 0.216. The first kappa shape index (κ1) is 10.8. The Balaban J connectivity index is 0.000000251. The van der Waals surface area contributed by atoms with Crippen LogP contribution in [0.15, 0.2) is 12.2 Å². The number of rotatable bonds is 0. The van der Waals surface area contributed by atoms with Gasteiger partial charge in [-0.05, 0) is 30.6 Å². The van der Waals surface area contributed by atoms with Crippen molar-refractivity contribution in [3.8, 4) is 0 Å². The summed E-state index contributed by atoms with van der Waals surface area (Å²) in [6.45, 7) is 6.67. The number of allylic oxidation sites excluding steroid dienone is 2. The van der Waals surface area contributed by atoms with Crippen LogP contribution >= 0.6 is 0 Å². The van der Waals surface area contributed by atoms with Gasteiger partial charge in [-0.1, -0.05) is 52.2 Å². The van der Waals surface area contributed by atoms with E-state index in [4.69, 9.17) is 0 Å². The van der Waals surface area contributed by atoms with Gasteiger partial charge in [0.1, 0.15) is 0 Å². The molecule has 0 heteroatoms. The summed E-state index contributed by atoms with van der Waals surface area (Å²) >= 11 is 0. The minimum absolute atomic E-state index is 0.962. The molecule has 0 spiro atoms. The summed E-state index contributed by atoms with van der Waals surface area (Å²) in [5.41, 5.74) is 0. The molecule has 0 aromatic rings. The second kappa shape index (κ2) is 5.47. The zero-order valence-corrected chi connectivity index (χ0v) is 9.42. The Morgan fingerprint density at radius 1 is 1.23 bits per heavy atom. The molecule has 0 N–H and O–H groups in total. The molecule has 3 atom stereocenters. The molecular weight excluding hydrogens is 156 g/mol. The molecule has 76 valence electrons. The summed E-state index contributed by atoms with van der Waals surface area (Å²) in [7, 11) is 0. The molecule has 1 saturated carbocycles. The first-order valence-corrected chi connectivity index (χ1v) is 5.96. The Kier molecular flexibility index (Phi) is 4.55. The molecule has 0 bridgehead atoms. The number of hydrogen-bond acceptors (Lipinski definition) is 0. The molecule has 1 fully saturated rings. The van der Waals surface area contributed by atoms with Crippen LogP contribution in [0.5, 0.6) is 0 Å². The topological polar surface area (TPSA) is 0 Å². The average molecular weight is 180 g/mol. The van der Waals surface area contributed by atoms with Crippen molar-refractivity contribution < 1.29 is 0 Å². The van der Waals surface area contributed by atoms with Crippen molar-refractivity contribution in [1.29, 1.82) is 0 Å². The lowest BCUT2D eigenvalue weighted by Gasteiger charge is -2.30. The van der Waals surface area contributed by atoms with Gasteiger partial charge in [-0.15, -0.1) is 0 Å². The van der Waals surface area contributed by atoms with Gasteiger partial charge in [0.05, 0.1) is 0 Å². The summed E-state index contributed by atoms with van der Waals surface area (Å²) in [5.74, 6) is 2.98. The van der Waals surface area contributed by atoms with Crippen LogP contribution in [-0.4, -0.2) is 0 Å². The van der Waals surface area contributed by atoms with Crippen molar-refractivity contribution in [2.75, 3.05) is 0 Å². The Hall–Kier alpha value is -0.260. The summed E-state index contributed by atoms with van der Waals surface area (Å²) in [5, 5.41) is 0. The van der Waals surface area contributed by atoms with Gasteiger partial charge in [-0.3, -0.25) is 0 Å². The lowest BCUT2D eigenvalue weighted by Crippen LogP contribution is -2.21. The standard InChI is InChI=1S/C10H16.C3H8/c1-8-4-2-5-9-6-3-7-10(8)9;1-3-2/h3,6,8-10H,2,4-5,7H2,1H3;3H2,1-2H3. The van der Waals surface area contributed by atoms with Gasteiger partial charge in [0.2, 0.25) is 0 Å². The predicted molar refractivity (Wildman–Crippen MR) is 59.7 cm³/mol. The second-order valence-corrected chi connectivity index (χ2v) is 4.61. The molecule has 2 aliphatic carbocycles. The number of fused-ring (bicyclic) bond motifs is 1. The van der Waals surface area contributed by atoms with Crippen molar-refractivity contribution in [3.05, 3.63) is 12.2 Å². The molecule has 0 saturated heterocycles. The van der Waals surface area contributed by atoms with Gasteiger partial charge in [0, 0.05) is 0 Å². The van der Waals surface area contributed by atoms with Gasteiger partial charge >= 0.3 is 0 Å². The zero-order chi connectivity index (χ0) is 9.68. The first-order valence-electron chi connectivity index (χ1n) is 5.96. The number of hydrogen-bond donors (Lipinski definition) is 0. The first-order chi connectivity index (χ1) is 6.29. The van der Waals surface area contributed by atoms with E-state index in [2.05, 4.69) is 32.9 Å². The van der Waals surface area contributed by atoms with Gasteiger partial charge in [-0.2, -0.15) is 0 Å². The molecule has 0 aliphatic heterocycles. The highest BCUT2D eigenvalue weighted by Crippen LogP contribution is 2.41. The highest BCUT2D eigenvalue weighted by molar-refractivity contribution is 5.03. The van der Waals surface area contributed by atoms with Gasteiger partial charge in [0.15, 0.2) is 0 Å². The fraction of sp³-hybridized carbons (Fsp3) is 0.846. The van der Waals surface area contributed by atoms with Crippen LogP contribution in [0.25, 0.3) is 0 Å². The van der Waals surface area contributed by atoms with E-state index in [1.165, 1.54) is 32.1 Å². The van der Waals surface area contributed by atoms with E-state index in [1.807, 2.05) is 0 Å². The van der Waals surface area contributed by atoms with E-state index in [-0.39, 0.29) is 0 Å². The van der Waals surface area contributed by atoms with E-state index in [9.17, 15) is 0 Å². The third-order valence-electron chi connectivity index (χ3n) is 3.27. The van der Waals surface area contributed by atoms with Crippen LogP contribution in [0, 0.1) is 17.8 Å². The molecule has 0 amide bonds. The fourth-order valence-corrected chi connectivity index (χ4v) is 2.58. The SMILES string of the molecule is CC1CCCC2C=CCC12.CCC. The molecule has 3 unspecified atom stereocenters. The summed E-state index contributed by atoms with van der Waals surface area (Å²) in [4.78, 5) is 0. The van der Waals surface area contributed by atoms with Crippen molar-refractivity contribution in [2.45, 2.75) is 52.9 Å². The van der Waals surface area contributed by atoms with E-state index in [1.54, 1.807) is 0 Å². The molecule has 0 nitrogen and oxygen atoms in total. The molecular formula is C13H24. The van der Waals surface area contributed by atoms with E-state index < -0.39 is 0 Å². The van der Waals surface area contributed by atoms with Crippen LogP contribution in [0.3, 0.4) is 0 Å². The van der Waals surface area contributed by atoms with Gasteiger partial charge in [0.25, 0.3) is 0 Å².